The Morgan fingerprint density at radius 1 is 1.47 bits per heavy atom. The number of aliphatic carboxylic acids is 1. The molecule has 0 saturated heterocycles. The van der Waals surface area contributed by atoms with Crippen LogP contribution in [0.4, 0.5) is 0 Å². The van der Waals surface area contributed by atoms with Crippen molar-refractivity contribution in [2.75, 3.05) is 13.2 Å². The Morgan fingerprint density at radius 3 is 2.71 bits per heavy atom. The van der Waals surface area contributed by atoms with Gasteiger partial charge in [-0.15, -0.1) is 0 Å². The Balaban J connectivity index is 3.94. The monoisotopic (exact) mass is 242 g/mol. The molecule has 0 spiro atoms. The van der Waals surface area contributed by atoms with Gasteiger partial charge in [-0.2, -0.15) is 5.26 Å². The lowest BCUT2D eigenvalue weighted by atomic mass is 10.1. The van der Waals surface area contributed by atoms with E-state index in [0.717, 1.165) is 0 Å². The Morgan fingerprint density at radius 2 is 2.18 bits per heavy atom. The third kappa shape index (κ3) is 8.22. The number of carboxylic acids is 1. The molecule has 0 aromatic carbocycles. The number of amides is 1. The second-order valence-corrected chi connectivity index (χ2v) is 3.50. The molecule has 0 radical (unpaired) electrons. The van der Waals surface area contributed by atoms with E-state index in [1.807, 2.05) is 6.07 Å². The number of carboxylic acid groups (broad SMARTS) is 1. The molecule has 0 aliphatic carbocycles. The zero-order chi connectivity index (χ0) is 13.1. The predicted molar refractivity (Wildman–Crippen MR) is 60.1 cm³/mol. The van der Waals surface area contributed by atoms with E-state index < -0.39 is 17.9 Å². The topological polar surface area (TPSA) is 99.4 Å². The number of carbonyl (C=O) groups is 2. The van der Waals surface area contributed by atoms with Crippen LogP contribution in [0.3, 0.4) is 0 Å². The first-order valence-electron chi connectivity index (χ1n) is 5.58. The van der Waals surface area contributed by atoms with Crippen LogP contribution in [0.25, 0.3) is 0 Å². The first-order chi connectivity index (χ1) is 8.11. The molecule has 6 nitrogen and oxygen atoms in total. The SMILES string of the molecule is CCOCC(=O)N[C@H](CCCCC#N)C(=O)O. The van der Waals surface area contributed by atoms with Crippen LogP contribution >= 0.6 is 0 Å². The summed E-state index contributed by atoms with van der Waals surface area (Å²) in [5.74, 6) is -1.49. The second-order valence-electron chi connectivity index (χ2n) is 3.50. The van der Waals surface area contributed by atoms with Crippen molar-refractivity contribution < 1.29 is 19.4 Å². The lowest BCUT2D eigenvalue weighted by Gasteiger charge is -2.13. The average Bonchev–Trinajstić information content (AvgIpc) is 2.30. The summed E-state index contributed by atoms with van der Waals surface area (Å²) in [4.78, 5) is 22.1. The third-order valence-corrected chi connectivity index (χ3v) is 2.10. The van der Waals surface area contributed by atoms with E-state index in [0.29, 0.717) is 32.3 Å². The highest BCUT2D eigenvalue weighted by Crippen LogP contribution is 2.03. The number of nitrogens with one attached hydrogen (secondary N) is 1. The Bertz CT molecular complexity index is 286. The van der Waals surface area contributed by atoms with Gasteiger partial charge in [-0.3, -0.25) is 4.79 Å². The van der Waals surface area contributed by atoms with Crippen molar-refractivity contribution in [3.05, 3.63) is 0 Å². The van der Waals surface area contributed by atoms with Gasteiger partial charge in [0.25, 0.3) is 0 Å². The molecule has 17 heavy (non-hydrogen) atoms. The maximum Gasteiger partial charge on any atom is 0.326 e. The molecule has 0 fully saturated rings. The van der Waals surface area contributed by atoms with Gasteiger partial charge in [0.05, 0.1) is 6.07 Å². The van der Waals surface area contributed by atoms with E-state index in [4.69, 9.17) is 15.1 Å². The van der Waals surface area contributed by atoms with Crippen molar-refractivity contribution >= 4 is 11.9 Å². The minimum Gasteiger partial charge on any atom is -0.480 e. The molecule has 2 N–H and O–H groups in total. The molecule has 0 rings (SSSR count). The highest BCUT2D eigenvalue weighted by Gasteiger charge is 2.18. The summed E-state index contributed by atoms with van der Waals surface area (Å²) in [5, 5.41) is 19.6. The summed E-state index contributed by atoms with van der Waals surface area (Å²) in [6.45, 7) is 2.04. The number of nitriles is 1. The van der Waals surface area contributed by atoms with Gasteiger partial charge in [-0.25, -0.2) is 4.79 Å². The highest BCUT2D eigenvalue weighted by molar-refractivity contribution is 5.84. The summed E-state index contributed by atoms with van der Waals surface area (Å²) in [6.07, 6.45) is 1.97. The van der Waals surface area contributed by atoms with Crippen molar-refractivity contribution in [2.45, 2.75) is 38.6 Å². The van der Waals surface area contributed by atoms with Crippen molar-refractivity contribution in [3.8, 4) is 6.07 Å². The van der Waals surface area contributed by atoms with Gasteiger partial charge in [0.2, 0.25) is 5.91 Å². The van der Waals surface area contributed by atoms with Crippen LogP contribution < -0.4 is 5.32 Å². The quantitative estimate of drug-likeness (QED) is 0.579. The van der Waals surface area contributed by atoms with Crippen LogP contribution in [-0.4, -0.2) is 36.2 Å². The number of ether oxygens (including phenoxy) is 1. The number of carbonyl (C=O) groups excluding carboxylic acids is 1. The largest absolute Gasteiger partial charge is 0.480 e. The molecule has 0 saturated carbocycles. The fraction of sp³-hybridized carbons (Fsp3) is 0.727. The Kier molecular flexibility index (Phi) is 8.69. The van der Waals surface area contributed by atoms with Crippen LogP contribution in [-0.2, 0) is 14.3 Å². The first-order valence-corrected chi connectivity index (χ1v) is 5.58. The number of unbranched alkanes of at least 4 members (excludes halogenated alkanes) is 2. The van der Waals surface area contributed by atoms with Crippen LogP contribution in [0, 0.1) is 11.3 Å². The number of nitrogens with zero attached hydrogens (tertiary/aromatic N) is 1. The number of hydrogen-bond acceptors (Lipinski definition) is 4. The predicted octanol–water partition coefficient (Wildman–Crippen LogP) is 0.676. The van der Waals surface area contributed by atoms with Crippen LogP contribution in [0.5, 0.6) is 0 Å². The number of hydrogen-bond donors (Lipinski definition) is 2. The smallest absolute Gasteiger partial charge is 0.326 e. The van der Waals surface area contributed by atoms with Gasteiger partial charge >= 0.3 is 5.97 Å². The van der Waals surface area contributed by atoms with Crippen molar-refractivity contribution in [2.24, 2.45) is 0 Å². The summed E-state index contributed by atoms with van der Waals surface area (Å²) < 4.78 is 4.87. The molecule has 1 amide bonds. The lowest BCUT2D eigenvalue weighted by molar-refractivity contribution is -0.142. The van der Waals surface area contributed by atoms with Crippen molar-refractivity contribution in [1.82, 2.24) is 5.32 Å². The molecule has 0 heterocycles. The molecule has 0 unspecified atom stereocenters. The van der Waals surface area contributed by atoms with E-state index in [2.05, 4.69) is 5.32 Å². The summed E-state index contributed by atoms with van der Waals surface area (Å²) in [5.41, 5.74) is 0. The fourth-order valence-electron chi connectivity index (χ4n) is 1.24. The van der Waals surface area contributed by atoms with Crippen LogP contribution in [0.1, 0.15) is 32.6 Å². The molecular formula is C11H18N2O4. The van der Waals surface area contributed by atoms with Gasteiger partial charge < -0.3 is 15.2 Å². The van der Waals surface area contributed by atoms with Gasteiger partial charge in [0, 0.05) is 13.0 Å². The number of rotatable bonds is 9. The maximum absolute atomic E-state index is 11.3. The lowest BCUT2D eigenvalue weighted by Crippen LogP contribution is -2.42. The molecular weight excluding hydrogens is 224 g/mol. The van der Waals surface area contributed by atoms with E-state index in [1.165, 1.54) is 0 Å². The minimum atomic E-state index is -1.06. The van der Waals surface area contributed by atoms with Crippen LogP contribution in [0.15, 0.2) is 0 Å². The van der Waals surface area contributed by atoms with Gasteiger partial charge in [-0.1, -0.05) is 0 Å². The zero-order valence-corrected chi connectivity index (χ0v) is 9.94. The minimum absolute atomic E-state index is 0.127. The van der Waals surface area contributed by atoms with Gasteiger partial charge in [-0.05, 0) is 26.2 Å². The maximum atomic E-state index is 11.3. The molecule has 0 bridgehead atoms. The Labute approximate surface area is 101 Å². The molecule has 0 aliphatic heterocycles. The molecule has 0 aromatic heterocycles. The van der Waals surface area contributed by atoms with Crippen molar-refractivity contribution in [3.63, 3.8) is 0 Å². The van der Waals surface area contributed by atoms with E-state index in [1.54, 1.807) is 6.92 Å². The molecule has 0 aromatic rings. The first kappa shape index (κ1) is 15.4. The van der Waals surface area contributed by atoms with E-state index in [-0.39, 0.29) is 6.61 Å². The van der Waals surface area contributed by atoms with Crippen molar-refractivity contribution in [1.29, 1.82) is 5.26 Å². The van der Waals surface area contributed by atoms with E-state index in [9.17, 15) is 9.59 Å². The van der Waals surface area contributed by atoms with Crippen LogP contribution in [0.2, 0.25) is 0 Å². The van der Waals surface area contributed by atoms with E-state index >= 15 is 0 Å². The van der Waals surface area contributed by atoms with Gasteiger partial charge in [0.1, 0.15) is 12.6 Å². The molecule has 96 valence electrons. The molecule has 0 aliphatic rings. The third-order valence-electron chi connectivity index (χ3n) is 2.10. The van der Waals surface area contributed by atoms with Gasteiger partial charge in [0.15, 0.2) is 0 Å². The molecule has 1 atom stereocenters. The Hall–Kier alpha value is -1.61. The summed E-state index contributed by atoms with van der Waals surface area (Å²) in [6, 6.07) is 1.08. The summed E-state index contributed by atoms with van der Waals surface area (Å²) in [7, 11) is 0. The standard InChI is InChI=1S/C11H18N2O4/c1-2-17-8-10(14)13-9(11(15)16)6-4-3-5-7-12/h9H,2-6,8H2,1H3,(H,13,14)(H,15,16)/t9-/m1/s1. The zero-order valence-electron chi connectivity index (χ0n) is 9.94. The average molecular weight is 242 g/mol. The normalized spacial score (nSPS) is 11.5. The summed E-state index contributed by atoms with van der Waals surface area (Å²) >= 11 is 0. The highest BCUT2D eigenvalue weighted by atomic mass is 16.5. The molecule has 6 heteroatoms. The fourth-order valence-corrected chi connectivity index (χ4v) is 1.24. The second kappa shape index (κ2) is 9.60.